The van der Waals surface area contributed by atoms with Crippen molar-refractivity contribution in [2.24, 2.45) is 7.05 Å². The van der Waals surface area contributed by atoms with Crippen LogP contribution in [0.3, 0.4) is 0 Å². The molecule has 0 aliphatic heterocycles. The first-order chi connectivity index (χ1) is 11.0. The summed E-state index contributed by atoms with van der Waals surface area (Å²) < 4.78 is 34.7. The van der Waals surface area contributed by atoms with Crippen LogP contribution in [-0.2, 0) is 17.1 Å². The van der Waals surface area contributed by atoms with E-state index in [4.69, 9.17) is 4.74 Å². The summed E-state index contributed by atoms with van der Waals surface area (Å²) in [4.78, 5) is 4.36. The molecule has 1 N–H and O–H groups in total. The molecule has 0 atom stereocenters. The average molecular weight is 331 g/mol. The van der Waals surface area contributed by atoms with Crippen molar-refractivity contribution in [2.75, 3.05) is 11.3 Å². The van der Waals surface area contributed by atoms with Crippen LogP contribution in [0.2, 0.25) is 0 Å². The smallest absolute Gasteiger partial charge is 0.261 e. The number of hydrogen-bond acceptors (Lipinski definition) is 4. The number of nitrogens with one attached hydrogen (secondary N) is 1. The summed E-state index contributed by atoms with van der Waals surface area (Å²) in [6, 6.07) is 11.7. The van der Waals surface area contributed by atoms with E-state index in [9.17, 15) is 8.42 Å². The fourth-order valence-corrected chi connectivity index (χ4v) is 3.36. The molecule has 0 bridgehead atoms. The summed E-state index contributed by atoms with van der Waals surface area (Å²) >= 11 is 0. The Morgan fingerprint density at radius 1 is 1.17 bits per heavy atom. The van der Waals surface area contributed by atoms with Crippen molar-refractivity contribution in [3.63, 3.8) is 0 Å². The SMILES string of the molecule is CCOc1ccc(NS(=O)(=O)c2ccc3c(c2)ncn3C)cc1. The zero-order valence-electron chi connectivity index (χ0n) is 12.9. The van der Waals surface area contributed by atoms with Crippen LogP contribution in [0, 0.1) is 0 Å². The maximum absolute atomic E-state index is 12.5. The van der Waals surface area contributed by atoms with Crippen molar-refractivity contribution in [2.45, 2.75) is 11.8 Å². The van der Waals surface area contributed by atoms with E-state index < -0.39 is 10.0 Å². The van der Waals surface area contributed by atoms with Gasteiger partial charge in [-0.25, -0.2) is 13.4 Å². The van der Waals surface area contributed by atoms with Crippen molar-refractivity contribution in [1.82, 2.24) is 9.55 Å². The number of hydrogen-bond donors (Lipinski definition) is 1. The predicted octanol–water partition coefficient (Wildman–Crippen LogP) is 2.77. The fourth-order valence-electron chi connectivity index (χ4n) is 2.28. The molecule has 0 aliphatic carbocycles. The number of benzene rings is 2. The van der Waals surface area contributed by atoms with Crippen LogP contribution in [0.15, 0.2) is 53.7 Å². The molecular formula is C16H17N3O3S. The predicted molar refractivity (Wildman–Crippen MR) is 89.1 cm³/mol. The third kappa shape index (κ3) is 3.14. The van der Waals surface area contributed by atoms with E-state index in [0.29, 0.717) is 23.6 Å². The lowest BCUT2D eigenvalue weighted by molar-refractivity contribution is 0.340. The maximum atomic E-state index is 12.5. The van der Waals surface area contributed by atoms with Gasteiger partial charge in [0.15, 0.2) is 0 Å². The lowest BCUT2D eigenvalue weighted by Gasteiger charge is -2.09. The van der Waals surface area contributed by atoms with Gasteiger partial charge in [0.25, 0.3) is 10.0 Å². The second-order valence-corrected chi connectivity index (χ2v) is 6.75. The topological polar surface area (TPSA) is 73.2 Å². The normalized spacial score (nSPS) is 11.6. The van der Waals surface area contributed by atoms with Gasteiger partial charge in [-0.3, -0.25) is 4.72 Å². The summed E-state index contributed by atoms with van der Waals surface area (Å²) in [5.74, 6) is 0.699. The molecule has 6 nitrogen and oxygen atoms in total. The Bertz CT molecular complexity index is 931. The van der Waals surface area contributed by atoms with Crippen molar-refractivity contribution in [3.8, 4) is 5.75 Å². The van der Waals surface area contributed by atoms with E-state index in [1.54, 1.807) is 48.8 Å². The summed E-state index contributed by atoms with van der Waals surface area (Å²) in [6.45, 7) is 2.46. The van der Waals surface area contributed by atoms with Gasteiger partial charge in [0, 0.05) is 12.7 Å². The van der Waals surface area contributed by atoms with Crippen LogP contribution in [0.5, 0.6) is 5.75 Å². The lowest BCUT2D eigenvalue weighted by atomic mass is 10.3. The monoisotopic (exact) mass is 331 g/mol. The number of rotatable bonds is 5. The van der Waals surface area contributed by atoms with E-state index in [2.05, 4.69) is 9.71 Å². The van der Waals surface area contributed by atoms with E-state index in [-0.39, 0.29) is 4.90 Å². The Hall–Kier alpha value is -2.54. The molecule has 0 fully saturated rings. The maximum Gasteiger partial charge on any atom is 0.261 e. The number of ether oxygens (including phenoxy) is 1. The highest BCUT2D eigenvalue weighted by molar-refractivity contribution is 7.92. The number of sulfonamides is 1. The highest BCUT2D eigenvalue weighted by Crippen LogP contribution is 2.22. The van der Waals surface area contributed by atoms with Crippen LogP contribution >= 0.6 is 0 Å². The third-order valence-electron chi connectivity index (χ3n) is 3.42. The molecular weight excluding hydrogens is 314 g/mol. The minimum atomic E-state index is -3.66. The zero-order valence-corrected chi connectivity index (χ0v) is 13.7. The number of aromatic nitrogens is 2. The van der Waals surface area contributed by atoms with Gasteiger partial charge in [-0.05, 0) is 49.4 Å². The number of anilines is 1. The molecule has 0 spiro atoms. The Morgan fingerprint density at radius 3 is 2.61 bits per heavy atom. The molecule has 0 amide bonds. The summed E-state index contributed by atoms with van der Waals surface area (Å²) in [7, 11) is -1.80. The number of imidazole rings is 1. The molecule has 0 aliphatic rings. The van der Waals surface area contributed by atoms with Crippen LogP contribution in [0.1, 0.15) is 6.92 Å². The van der Waals surface area contributed by atoms with Crippen molar-refractivity contribution >= 4 is 26.7 Å². The van der Waals surface area contributed by atoms with Crippen LogP contribution in [-0.4, -0.2) is 24.6 Å². The fraction of sp³-hybridized carbons (Fsp3) is 0.188. The number of aryl methyl sites for hydroxylation is 1. The summed E-state index contributed by atoms with van der Waals surface area (Å²) in [5.41, 5.74) is 2.00. The molecule has 0 radical (unpaired) electrons. The molecule has 3 aromatic rings. The third-order valence-corrected chi connectivity index (χ3v) is 4.80. The Balaban J connectivity index is 1.87. The second-order valence-electron chi connectivity index (χ2n) is 5.07. The van der Waals surface area contributed by atoms with Gasteiger partial charge in [0.2, 0.25) is 0 Å². The van der Waals surface area contributed by atoms with E-state index in [1.165, 1.54) is 0 Å². The molecule has 0 saturated carbocycles. The summed E-state index contributed by atoms with van der Waals surface area (Å²) in [6.07, 6.45) is 1.65. The van der Waals surface area contributed by atoms with Crippen LogP contribution < -0.4 is 9.46 Å². The van der Waals surface area contributed by atoms with Crippen molar-refractivity contribution in [3.05, 3.63) is 48.8 Å². The highest BCUT2D eigenvalue weighted by atomic mass is 32.2. The van der Waals surface area contributed by atoms with Crippen molar-refractivity contribution < 1.29 is 13.2 Å². The molecule has 120 valence electrons. The minimum Gasteiger partial charge on any atom is -0.494 e. The Kier molecular flexibility index (Phi) is 3.96. The first-order valence-electron chi connectivity index (χ1n) is 7.16. The van der Waals surface area contributed by atoms with Crippen LogP contribution in [0.25, 0.3) is 11.0 Å². The van der Waals surface area contributed by atoms with Gasteiger partial charge < -0.3 is 9.30 Å². The largest absolute Gasteiger partial charge is 0.494 e. The van der Waals surface area contributed by atoms with Gasteiger partial charge in [0.05, 0.1) is 28.9 Å². The zero-order chi connectivity index (χ0) is 16.4. The van der Waals surface area contributed by atoms with E-state index in [0.717, 1.165) is 5.52 Å². The van der Waals surface area contributed by atoms with E-state index >= 15 is 0 Å². The average Bonchev–Trinajstić information content (AvgIpc) is 2.90. The summed E-state index contributed by atoms with van der Waals surface area (Å²) in [5, 5.41) is 0. The molecule has 0 saturated heterocycles. The van der Waals surface area contributed by atoms with Crippen LogP contribution in [0.4, 0.5) is 5.69 Å². The Labute approximate surface area is 134 Å². The van der Waals surface area contributed by atoms with Gasteiger partial charge >= 0.3 is 0 Å². The Morgan fingerprint density at radius 2 is 1.91 bits per heavy atom. The number of fused-ring (bicyclic) bond motifs is 1. The lowest BCUT2D eigenvalue weighted by Crippen LogP contribution is -2.12. The van der Waals surface area contributed by atoms with Gasteiger partial charge in [-0.2, -0.15) is 0 Å². The van der Waals surface area contributed by atoms with Gasteiger partial charge in [-0.1, -0.05) is 0 Å². The molecule has 1 heterocycles. The molecule has 0 unspecified atom stereocenters. The first kappa shape index (κ1) is 15.4. The molecule has 23 heavy (non-hydrogen) atoms. The molecule has 2 aromatic carbocycles. The van der Waals surface area contributed by atoms with Crippen molar-refractivity contribution in [1.29, 1.82) is 0 Å². The molecule has 3 rings (SSSR count). The minimum absolute atomic E-state index is 0.178. The number of nitrogens with zero attached hydrogens (tertiary/aromatic N) is 2. The first-order valence-corrected chi connectivity index (χ1v) is 8.64. The highest BCUT2D eigenvalue weighted by Gasteiger charge is 2.15. The second kappa shape index (κ2) is 5.92. The standard InChI is InChI=1S/C16H17N3O3S/c1-3-22-13-6-4-12(5-7-13)18-23(20,21)14-8-9-16-15(10-14)17-11-19(16)2/h4-11,18H,3H2,1-2H3. The van der Waals surface area contributed by atoms with Gasteiger partial charge in [-0.15, -0.1) is 0 Å². The molecule has 1 aromatic heterocycles. The van der Waals surface area contributed by atoms with Gasteiger partial charge in [0.1, 0.15) is 5.75 Å². The molecule has 7 heteroatoms. The quantitative estimate of drug-likeness (QED) is 0.780. The van der Waals surface area contributed by atoms with E-state index in [1.807, 2.05) is 18.5 Å².